The Balaban J connectivity index is 1.79. The molecule has 0 N–H and O–H groups in total. The van der Waals surface area contributed by atoms with Crippen LogP contribution < -0.4 is 0 Å². The Labute approximate surface area is 148 Å². The molecule has 1 unspecified atom stereocenters. The van der Waals surface area contributed by atoms with E-state index in [1.54, 1.807) is 24.3 Å². The van der Waals surface area contributed by atoms with Gasteiger partial charge in [-0.05, 0) is 48.2 Å². The highest BCUT2D eigenvalue weighted by molar-refractivity contribution is 6.20. The summed E-state index contributed by atoms with van der Waals surface area (Å²) in [5.74, 6) is 0. The van der Waals surface area contributed by atoms with Gasteiger partial charge in [-0.3, -0.25) is 20.2 Å². The Morgan fingerprint density at radius 1 is 0.800 bits per heavy atom. The fraction of sp³-hybridized carbons (Fsp3) is 0.294. The molecule has 1 aliphatic heterocycles. The van der Waals surface area contributed by atoms with Crippen LogP contribution in [-0.2, 0) is 4.74 Å². The molecule has 0 radical (unpaired) electrons. The van der Waals surface area contributed by atoms with Crippen molar-refractivity contribution in [2.45, 2.75) is 30.4 Å². The van der Waals surface area contributed by atoms with Crippen molar-refractivity contribution in [2.24, 2.45) is 0 Å². The minimum atomic E-state index is -0.449. The van der Waals surface area contributed by atoms with Gasteiger partial charge >= 0.3 is 0 Å². The maximum absolute atomic E-state index is 10.8. The lowest BCUT2D eigenvalue weighted by molar-refractivity contribution is -0.385. The van der Waals surface area contributed by atoms with Crippen LogP contribution in [0.2, 0.25) is 0 Å². The first-order valence-electron chi connectivity index (χ1n) is 7.72. The second-order valence-electron chi connectivity index (χ2n) is 5.88. The van der Waals surface area contributed by atoms with Gasteiger partial charge in [0.15, 0.2) is 0 Å². The zero-order valence-electron chi connectivity index (χ0n) is 13.1. The SMILES string of the molecule is O=[N+]([O-])c1ccc([C@@H]2CC(Cl)C[C@H](c3ccc([N+](=O)[O-])cc3)O2)cc1. The van der Waals surface area contributed by atoms with E-state index in [0.717, 1.165) is 11.1 Å². The van der Waals surface area contributed by atoms with Crippen molar-refractivity contribution in [1.29, 1.82) is 0 Å². The van der Waals surface area contributed by atoms with Crippen LogP contribution in [0.25, 0.3) is 0 Å². The fourth-order valence-electron chi connectivity index (χ4n) is 2.92. The van der Waals surface area contributed by atoms with E-state index in [0.29, 0.717) is 12.8 Å². The maximum Gasteiger partial charge on any atom is 0.269 e. The quantitative estimate of drug-likeness (QED) is 0.446. The number of non-ortho nitro benzene ring substituents is 2. The maximum atomic E-state index is 10.8. The Morgan fingerprint density at radius 2 is 1.16 bits per heavy atom. The van der Waals surface area contributed by atoms with Gasteiger partial charge in [-0.2, -0.15) is 0 Å². The van der Waals surface area contributed by atoms with Gasteiger partial charge in [0.1, 0.15) is 0 Å². The number of ether oxygens (including phenoxy) is 1. The molecule has 0 amide bonds. The molecule has 1 aliphatic rings. The summed E-state index contributed by atoms with van der Waals surface area (Å²) >= 11 is 6.37. The van der Waals surface area contributed by atoms with E-state index in [2.05, 4.69) is 0 Å². The van der Waals surface area contributed by atoms with E-state index in [4.69, 9.17) is 16.3 Å². The molecule has 7 nitrogen and oxygen atoms in total. The third-order valence-corrected chi connectivity index (χ3v) is 4.58. The van der Waals surface area contributed by atoms with Crippen LogP contribution in [0.1, 0.15) is 36.2 Å². The molecule has 0 aliphatic carbocycles. The standard InChI is InChI=1S/C17H15ClN2O5/c18-13-9-16(11-1-5-14(6-2-11)19(21)22)25-17(10-13)12-3-7-15(8-4-12)20(23)24/h1-8,13,16-17H,9-10H2/t13?,16-,17+. The third-order valence-electron chi connectivity index (χ3n) is 4.22. The minimum absolute atomic E-state index is 0.0221. The summed E-state index contributed by atoms with van der Waals surface area (Å²) in [6.07, 6.45) is 0.639. The Bertz CT molecular complexity index is 713. The van der Waals surface area contributed by atoms with E-state index < -0.39 is 9.85 Å². The van der Waals surface area contributed by atoms with E-state index in [9.17, 15) is 20.2 Å². The molecule has 1 fully saturated rings. The summed E-state index contributed by atoms with van der Waals surface area (Å²) in [4.78, 5) is 20.6. The lowest BCUT2D eigenvalue weighted by atomic mass is 9.94. The van der Waals surface area contributed by atoms with Crippen molar-refractivity contribution in [2.75, 3.05) is 0 Å². The van der Waals surface area contributed by atoms with Crippen molar-refractivity contribution in [3.63, 3.8) is 0 Å². The summed E-state index contributed by atoms with van der Waals surface area (Å²) in [6, 6.07) is 12.5. The number of alkyl halides is 1. The van der Waals surface area contributed by atoms with Gasteiger partial charge in [0.2, 0.25) is 0 Å². The average Bonchev–Trinajstić information content (AvgIpc) is 2.61. The van der Waals surface area contributed by atoms with Crippen LogP contribution in [0.4, 0.5) is 11.4 Å². The van der Waals surface area contributed by atoms with Crippen molar-refractivity contribution in [3.05, 3.63) is 79.9 Å². The van der Waals surface area contributed by atoms with E-state index in [1.165, 1.54) is 24.3 Å². The third kappa shape index (κ3) is 3.94. The Kier molecular flexibility index (Phi) is 4.96. The van der Waals surface area contributed by atoms with E-state index >= 15 is 0 Å². The molecular formula is C17H15ClN2O5. The summed E-state index contributed by atoms with van der Waals surface area (Å²) < 4.78 is 6.11. The first kappa shape index (κ1) is 17.3. The number of nitrogens with zero attached hydrogens (tertiary/aromatic N) is 2. The lowest BCUT2D eigenvalue weighted by Crippen LogP contribution is -2.23. The minimum Gasteiger partial charge on any atom is -0.365 e. The second kappa shape index (κ2) is 7.16. The van der Waals surface area contributed by atoms with Crippen molar-refractivity contribution in [1.82, 2.24) is 0 Å². The molecule has 2 aromatic rings. The summed E-state index contributed by atoms with van der Waals surface area (Å²) in [5, 5.41) is 21.4. The molecule has 0 bridgehead atoms. The van der Waals surface area contributed by atoms with Crippen LogP contribution in [0.3, 0.4) is 0 Å². The Hall–Kier alpha value is -2.51. The number of hydrogen-bond donors (Lipinski definition) is 0. The smallest absolute Gasteiger partial charge is 0.269 e. The molecule has 130 valence electrons. The molecular weight excluding hydrogens is 348 g/mol. The normalized spacial score (nSPS) is 23.2. The van der Waals surface area contributed by atoms with Crippen LogP contribution in [0.5, 0.6) is 0 Å². The van der Waals surface area contributed by atoms with E-state index in [1.807, 2.05) is 0 Å². The topological polar surface area (TPSA) is 95.5 Å². The molecule has 1 saturated heterocycles. The molecule has 3 rings (SSSR count). The summed E-state index contributed by atoms with van der Waals surface area (Å²) in [6.45, 7) is 0. The molecule has 3 atom stereocenters. The molecule has 0 aromatic heterocycles. The highest BCUT2D eigenvalue weighted by atomic mass is 35.5. The van der Waals surface area contributed by atoms with Crippen molar-refractivity contribution in [3.8, 4) is 0 Å². The van der Waals surface area contributed by atoms with Crippen LogP contribution in [0, 0.1) is 20.2 Å². The number of nitro benzene ring substituents is 2. The second-order valence-corrected chi connectivity index (χ2v) is 6.50. The van der Waals surface area contributed by atoms with E-state index in [-0.39, 0.29) is 29.0 Å². The van der Waals surface area contributed by atoms with Gasteiger partial charge in [0, 0.05) is 29.6 Å². The number of rotatable bonds is 4. The van der Waals surface area contributed by atoms with Crippen LogP contribution >= 0.6 is 11.6 Å². The van der Waals surface area contributed by atoms with Gasteiger partial charge in [0.05, 0.1) is 22.1 Å². The summed E-state index contributed by atoms with van der Waals surface area (Å²) in [5.41, 5.74) is 1.69. The first-order valence-corrected chi connectivity index (χ1v) is 8.16. The monoisotopic (exact) mass is 362 g/mol. The number of benzene rings is 2. The molecule has 0 spiro atoms. The van der Waals surface area contributed by atoms with Crippen molar-refractivity contribution >= 4 is 23.0 Å². The van der Waals surface area contributed by atoms with Gasteiger partial charge in [-0.1, -0.05) is 0 Å². The van der Waals surface area contributed by atoms with Gasteiger partial charge in [-0.25, -0.2) is 0 Å². The fourth-order valence-corrected chi connectivity index (χ4v) is 3.24. The van der Waals surface area contributed by atoms with Crippen LogP contribution in [-0.4, -0.2) is 15.2 Å². The van der Waals surface area contributed by atoms with Crippen molar-refractivity contribution < 1.29 is 14.6 Å². The predicted octanol–water partition coefficient (Wildman–Crippen LogP) is 4.70. The van der Waals surface area contributed by atoms with Gasteiger partial charge < -0.3 is 4.74 Å². The van der Waals surface area contributed by atoms with Gasteiger partial charge in [0.25, 0.3) is 11.4 Å². The zero-order valence-corrected chi connectivity index (χ0v) is 13.8. The lowest BCUT2D eigenvalue weighted by Gasteiger charge is -2.33. The predicted molar refractivity (Wildman–Crippen MR) is 91.6 cm³/mol. The number of nitro groups is 2. The highest BCUT2D eigenvalue weighted by Gasteiger charge is 2.30. The van der Waals surface area contributed by atoms with Gasteiger partial charge in [-0.15, -0.1) is 11.6 Å². The first-order chi connectivity index (χ1) is 11.9. The molecule has 25 heavy (non-hydrogen) atoms. The Morgan fingerprint density at radius 3 is 1.48 bits per heavy atom. The molecule has 2 aromatic carbocycles. The molecule has 8 heteroatoms. The molecule has 0 saturated carbocycles. The number of halogens is 1. The highest BCUT2D eigenvalue weighted by Crippen LogP contribution is 2.41. The largest absolute Gasteiger partial charge is 0.365 e. The number of hydrogen-bond acceptors (Lipinski definition) is 5. The van der Waals surface area contributed by atoms with Crippen LogP contribution in [0.15, 0.2) is 48.5 Å². The average molecular weight is 363 g/mol. The zero-order chi connectivity index (χ0) is 18.0. The summed E-state index contributed by atoms with van der Waals surface area (Å²) in [7, 11) is 0. The molecule has 1 heterocycles.